The zero-order chi connectivity index (χ0) is 68.2. The molecule has 4 saturated heterocycles. The molecule has 5 aliphatic rings. The van der Waals surface area contributed by atoms with Gasteiger partial charge in [0.2, 0.25) is 5.88 Å². The van der Waals surface area contributed by atoms with Crippen molar-refractivity contribution < 1.29 is 52.8 Å². The lowest BCUT2D eigenvalue weighted by Crippen LogP contribution is -2.19. The van der Waals surface area contributed by atoms with Crippen LogP contribution < -0.4 is 21.3 Å². The molecule has 5 N–H and O–H groups in total. The molecular weight excluding hydrogens is 1450 g/mol. The van der Waals surface area contributed by atoms with E-state index in [4.69, 9.17) is 38.9 Å². The number of carbonyl (C=O) groups excluding carboxylic acids is 2. The fraction of sp³-hybridized carbons (Fsp3) is 0.353. The molecule has 5 atom stereocenters. The van der Waals surface area contributed by atoms with E-state index in [1.807, 2.05) is 76.6 Å². The molecule has 15 rings (SSSR count). The number of aryl methyl sites for hydroxylation is 1. The number of H-pyrrole nitrogens is 1. The average molecular weight is 1520 g/mol. The van der Waals surface area contributed by atoms with Gasteiger partial charge in [-0.05, 0) is 125 Å². The number of carbonyl (C=O) groups is 2. The molecule has 0 amide bonds. The summed E-state index contributed by atoms with van der Waals surface area (Å²) in [5.41, 5.74) is 18.9. The van der Waals surface area contributed by atoms with Crippen LogP contribution in [0.25, 0.3) is 66.7 Å². The Balaban J connectivity index is 0.000000124. The van der Waals surface area contributed by atoms with Crippen molar-refractivity contribution in [2.24, 2.45) is 0 Å². The molecule has 4 aromatic carbocycles. The molecule has 6 aromatic heterocycles. The van der Waals surface area contributed by atoms with Crippen LogP contribution in [0.1, 0.15) is 107 Å². The van der Waals surface area contributed by atoms with Crippen LogP contribution in [0.5, 0.6) is 5.88 Å². The van der Waals surface area contributed by atoms with E-state index >= 15 is 0 Å². The Labute approximate surface area is 581 Å². The van der Waals surface area contributed by atoms with E-state index in [2.05, 4.69) is 95.6 Å². The Morgan fingerprint density at radius 2 is 1.18 bits per heavy atom. The van der Waals surface area contributed by atoms with Gasteiger partial charge < -0.3 is 54.3 Å². The summed E-state index contributed by atoms with van der Waals surface area (Å²) in [7, 11) is 1.62. The molecule has 4 fully saturated rings. The van der Waals surface area contributed by atoms with Gasteiger partial charge in [0.25, 0.3) is 11.2 Å². The monoisotopic (exact) mass is 1510 g/mol. The molecule has 26 nitrogen and oxygen atoms in total. The molecule has 5 aliphatic heterocycles. The lowest BCUT2D eigenvalue weighted by atomic mass is 9.96. The number of methoxy groups -OCH3 is 1. The maximum atomic E-state index is 12.7. The SMILES string of the molecule is CCOC(=O)c1cnn(C2CCOC2)c1-c1ccc(Br)cc1N.CCOC(=O)c1cnn(C2CCOC2)c1-c1ccc(Br)cc1[N+](=O)[O-].COc1ncc(C)c(-c2ccc3c(c2)[nH]c(=O)c2cnn(C4CCOC4)c23)c1C.OC1Nc2cc(Br)ccc2-c2c1cnn2C1CCOC1. The molecule has 5 unspecified atom stereocenters. The zero-order valence-electron chi connectivity index (χ0n) is 53.6. The minimum atomic E-state index is -0.720. The van der Waals surface area contributed by atoms with Crippen LogP contribution in [0.15, 0.2) is 122 Å². The molecule has 506 valence electrons. The van der Waals surface area contributed by atoms with Crippen molar-refractivity contribution in [1.82, 2.24) is 49.1 Å². The van der Waals surface area contributed by atoms with Gasteiger partial charge in [-0.15, -0.1) is 0 Å². The first-order valence-corrected chi connectivity index (χ1v) is 34.0. The highest BCUT2D eigenvalue weighted by molar-refractivity contribution is 9.11. The van der Waals surface area contributed by atoms with Gasteiger partial charge in [0.1, 0.15) is 11.1 Å². The third kappa shape index (κ3) is 14.1. The molecule has 0 aliphatic carbocycles. The van der Waals surface area contributed by atoms with Crippen molar-refractivity contribution in [3.05, 3.63) is 165 Å². The number of aliphatic hydroxyl groups excluding tert-OH is 1. The number of anilines is 2. The summed E-state index contributed by atoms with van der Waals surface area (Å²) < 4.78 is 47.3. The largest absolute Gasteiger partial charge is 0.481 e. The number of aromatic amines is 1. The number of nitrogens with one attached hydrogen (secondary N) is 2. The molecule has 29 heteroatoms. The first kappa shape index (κ1) is 68.3. The van der Waals surface area contributed by atoms with Crippen molar-refractivity contribution in [2.75, 3.05) is 84.2 Å². The lowest BCUT2D eigenvalue weighted by molar-refractivity contribution is -0.384. The number of rotatable bonds is 13. The van der Waals surface area contributed by atoms with Gasteiger partial charge in [-0.25, -0.2) is 14.6 Å². The third-order valence-corrected chi connectivity index (χ3v) is 18.9. The van der Waals surface area contributed by atoms with E-state index in [-0.39, 0.29) is 47.6 Å². The molecule has 11 heterocycles. The van der Waals surface area contributed by atoms with E-state index in [1.165, 1.54) is 12.3 Å². The van der Waals surface area contributed by atoms with Gasteiger partial charge >= 0.3 is 11.9 Å². The summed E-state index contributed by atoms with van der Waals surface area (Å²) >= 11 is 10.1. The summed E-state index contributed by atoms with van der Waals surface area (Å²) in [6.45, 7) is 13.1. The molecule has 0 saturated carbocycles. The van der Waals surface area contributed by atoms with E-state index in [0.29, 0.717) is 90.2 Å². The van der Waals surface area contributed by atoms with E-state index < -0.39 is 23.1 Å². The fourth-order valence-electron chi connectivity index (χ4n) is 12.8. The number of hydrogen-bond donors (Lipinski definition) is 4. The zero-order valence-corrected chi connectivity index (χ0v) is 58.4. The van der Waals surface area contributed by atoms with Crippen LogP contribution in [0, 0.1) is 24.0 Å². The Bertz CT molecular complexity index is 4640. The summed E-state index contributed by atoms with van der Waals surface area (Å²) in [6, 6.07) is 22.9. The minimum Gasteiger partial charge on any atom is -0.481 e. The Hall–Kier alpha value is -8.68. The number of pyridine rings is 2. The second-order valence-electron chi connectivity index (χ2n) is 23.5. The number of aromatic nitrogens is 10. The molecule has 0 spiro atoms. The van der Waals surface area contributed by atoms with Crippen molar-refractivity contribution in [3.63, 3.8) is 0 Å². The maximum Gasteiger partial charge on any atom is 0.341 e. The van der Waals surface area contributed by atoms with E-state index in [0.717, 1.165) is 115 Å². The number of nitrogen functional groups attached to an aromatic ring is 1. The number of nitrogens with two attached hydrogens (primary N) is 1. The molecule has 10 aromatic rings. The number of fused-ring (bicyclic) bond motifs is 6. The Morgan fingerprint density at radius 1 is 0.660 bits per heavy atom. The average Bonchev–Trinajstić information content (AvgIpc) is 1.51. The molecule has 0 bridgehead atoms. The number of halogens is 3. The molecule has 97 heavy (non-hydrogen) atoms. The summed E-state index contributed by atoms with van der Waals surface area (Å²) in [6.07, 6.45) is 10.9. The molecular formula is C68H70Br3N13O13. The van der Waals surface area contributed by atoms with Gasteiger partial charge in [-0.2, -0.15) is 20.4 Å². The van der Waals surface area contributed by atoms with Gasteiger partial charge in [-0.3, -0.25) is 33.6 Å². The van der Waals surface area contributed by atoms with Gasteiger partial charge in [0, 0.05) is 91.1 Å². The van der Waals surface area contributed by atoms with Crippen molar-refractivity contribution in [1.29, 1.82) is 0 Å². The Kier molecular flexibility index (Phi) is 21.1. The van der Waals surface area contributed by atoms with Crippen LogP contribution in [0.3, 0.4) is 0 Å². The first-order chi connectivity index (χ1) is 47.0. The lowest BCUT2D eigenvalue weighted by Gasteiger charge is -2.25. The van der Waals surface area contributed by atoms with E-state index in [1.54, 1.807) is 56.4 Å². The smallest absolute Gasteiger partial charge is 0.341 e. The van der Waals surface area contributed by atoms with Gasteiger partial charge in [0.05, 0.1) is 140 Å². The fourth-order valence-corrected chi connectivity index (χ4v) is 13.9. The summed E-state index contributed by atoms with van der Waals surface area (Å²) in [4.78, 5) is 55.8. The number of esters is 2. The van der Waals surface area contributed by atoms with Crippen molar-refractivity contribution in [3.8, 4) is 50.8 Å². The highest BCUT2D eigenvalue weighted by atomic mass is 79.9. The number of ether oxygens (including phenoxy) is 7. The minimum absolute atomic E-state index is 0.0820. The maximum absolute atomic E-state index is 12.7. The second-order valence-corrected chi connectivity index (χ2v) is 26.3. The highest BCUT2D eigenvalue weighted by Crippen LogP contribution is 2.44. The summed E-state index contributed by atoms with van der Waals surface area (Å²) in [5.74, 6) is -0.344. The number of benzene rings is 4. The Morgan fingerprint density at radius 3 is 1.72 bits per heavy atom. The third-order valence-electron chi connectivity index (χ3n) is 17.4. The van der Waals surface area contributed by atoms with Crippen LogP contribution >= 0.6 is 47.8 Å². The second kappa shape index (κ2) is 30.0. The predicted octanol–water partition coefficient (Wildman–Crippen LogP) is 12.6. The van der Waals surface area contributed by atoms with Crippen LogP contribution in [0.4, 0.5) is 17.1 Å². The number of nitro benzene ring substituents is 1. The predicted molar refractivity (Wildman–Crippen MR) is 373 cm³/mol. The number of aliphatic hydroxyl groups is 1. The van der Waals surface area contributed by atoms with E-state index in [9.17, 15) is 29.6 Å². The standard InChI is InChI=1S/C22H22N4O3.C16H16BrN3O5.C16H18BrN3O3.C14H14BrN3O2/c1-12-9-23-22(28-3)13(2)19(12)14-4-5-16-18(8-14)25-21(27)17-10-24-26(20(16)17)15-6-7-29-11-15;1-2-25-16(21)13-8-18-19(11-5-6-24-9-11)15(13)12-4-3-10(17)7-14(12)20(22)23;1-2-23-16(21)13-8-19-20(11-5-6-22-9-11)15(13)12-4-3-10(17)7-14(12)18;15-8-1-2-10-12(5-8)17-14(19)11-6-16-18(13(10)11)9-3-4-20-7-9/h4-5,8-10,15H,6-7,11H2,1-3H3,(H,25,27);3-4,7-8,11H,2,5-6,9H2,1H3;3-4,7-8,11H,2,5-6,9,18H2,1H3;1-2,5-6,9,14,17,19H,3-4,7H2. The molecule has 0 radical (unpaired) electrons. The van der Waals surface area contributed by atoms with Crippen LogP contribution in [0.2, 0.25) is 0 Å². The number of nitrogens with zero attached hydrogens (tertiary/aromatic N) is 10. The quantitative estimate of drug-likeness (QED) is 0.0361. The first-order valence-electron chi connectivity index (χ1n) is 31.6. The summed E-state index contributed by atoms with van der Waals surface area (Å²) in [5, 5.41) is 44.2. The van der Waals surface area contributed by atoms with Crippen molar-refractivity contribution >= 4 is 98.6 Å². The van der Waals surface area contributed by atoms with Crippen molar-refractivity contribution in [2.45, 2.75) is 83.8 Å². The van der Waals surface area contributed by atoms with Crippen LogP contribution in [-0.2, 0) is 28.4 Å². The highest BCUT2D eigenvalue weighted by Gasteiger charge is 2.34. The normalized spacial score (nSPS) is 18.4. The van der Waals surface area contributed by atoms with Gasteiger partial charge in [0.15, 0.2) is 6.23 Å². The van der Waals surface area contributed by atoms with Crippen LogP contribution in [-0.4, -0.2) is 144 Å². The topological polar surface area (TPSA) is 317 Å². The number of hydrogen-bond acceptors (Lipinski definition) is 20. The number of nitro groups is 1. The van der Waals surface area contributed by atoms with Gasteiger partial charge in [-0.1, -0.05) is 59.9 Å².